The maximum absolute atomic E-state index is 9.64. The maximum atomic E-state index is 9.64. The van der Waals surface area contributed by atoms with Crippen LogP contribution >= 0.6 is 0 Å². The number of hydrogen-bond donors (Lipinski definition) is 4. The fourth-order valence-corrected chi connectivity index (χ4v) is 1.35. The van der Waals surface area contributed by atoms with E-state index in [-0.39, 0.29) is 28.6 Å². The van der Waals surface area contributed by atoms with Crippen LogP contribution in [-0.2, 0) is 0 Å². The maximum Gasteiger partial charge on any atom is 0.224 e. The second kappa shape index (κ2) is 4.07. The number of aliphatic hydroxyl groups excluding tert-OH is 2. The van der Waals surface area contributed by atoms with E-state index in [1.807, 2.05) is 0 Å². The Hall–Kier alpha value is -2.06. The van der Waals surface area contributed by atoms with Gasteiger partial charge in [-0.15, -0.1) is 0 Å². The van der Waals surface area contributed by atoms with Gasteiger partial charge in [-0.2, -0.15) is 9.97 Å². The SMILES string of the molecule is C[C@H](O)[C@@H](O)c1cnc2nc(N)nc(N)c2n1. The minimum atomic E-state index is -1.14. The lowest BCUT2D eigenvalue weighted by atomic mass is 10.2. The van der Waals surface area contributed by atoms with Gasteiger partial charge in [0.1, 0.15) is 6.10 Å². The number of anilines is 2. The van der Waals surface area contributed by atoms with Crippen molar-refractivity contribution in [1.29, 1.82) is 0 Å². The fourth-order valence-electron chi connectivity index (χ4n) is 1.35. The van der Waals surface area contributed by atoms with Crippen molar-refractivity contribution in [3.05, 3.63) is 11.9 Å². The van der Waals surface area contributed by atoms with Gasteiger partial charge in [0.05, 0.1) is 18.0 Å². The fraction of sp³-hybridized carbons (Fsp3) is 0.333. The Morgan fingerprint density at radius 1 is 1.18 bits per heavy atom. The molecule has 0 aliphatic rings. The van der Waals surface area contributed by atoms with Crippen molar-refractivity contribution < 1.29 is 10.2 Å². The first-order chi connectivity index (χ1) is 7.99. The smallest absolute Gasteiger partial charge is 0.224 e. The quantitative estimate of drug-likeness (QED) is 0.519. The second-order valence-corrected chi connectivity index (χ2v) is 3.62. The van der Waals surface area contributed by atoms with Gasteiger partial charge < -0.3 is 21.7 Å². The Morgan fingerprint density at radius 3 is 2.53 bits per heavy atom. The average Bonchev–Trinajstić information content (AvgIpc) is 2.27. The van der Waals surface area contributed by atoms with Crippen molar-refractivity contribution in [2.24, 2.45) is 0 Å². The molecule has 0 aliphatic carbocycles. The molecule has 0 spiro atoms. The van der Waals surface area contributed by atoms with Crippen molar-refractivity contribution in [1.82, 2.24) is 19.9 Å². The first-order valence-corrected chi connectivity index (χ1v) is 4.91. The molecule has 2 rings (SSSR count). The molecule has 90 valence electrons. The number of rotatable bonds is 2. The summed E-state index contributed by atoms with van der Waals surface area (Å²) >= 11 is 0. The van der Waals surface area contributed by atoms with Crippen LogP contribution in [0.5, 0.6) is 0 Å². The molecule has 17 heavy (non-hydrogen) atoms. The summed E-state index contributed by atoms with van der Waals surface area (Å²) in [7, 11) is 0. The predicted molar refractivity (Wildman–Crippen MR) is 60.6 cm³/mol. The number of nitrogens with two attached hydrogens (primary N) is 2. The van der Waals surface area contributed by atoms with Crippen LogP contribution in [0.3, 0.4) is 0 Å². The third-order valence-electron chi connectivity index (χ3n) is 2.23. The summed E-state index contributed by atoms with van der Waals surface area (Å²) in [5.74, 6) is 0.0905. The summed E-state index contributed by atoms with van der Waals surface area (Å²) in [4.78, 5) is 15.6. The molecule has 0 unspecified atom stereocenters. The van der Waals surface area contributed by atoms with Crippen molar-refractivity contribution >= 4 is 22.9 Å². The van der Waals surface area contributed by atoms with E-state index in [0.29, 0.717) is 0 Å². The lowest BCUT2D eigenvalue weighted by molar-refractivity contribution is 0.0278. The van der Waals surface area contributed by atoms with Gasteiger partial charge >= 0.3 is 0 Å². The minimum Gasteiger partial charge on any atom is -0.390 e. The Balaban J connectivity index is 2.58. The van der Waals surface area contributed by atoms with Crippen LogP contribution in [-0.4, -0.2) is 36.3 Å². The van der Waals surface area contributed by atoms with E-state index >= 15 is 0 Å². The van der Waals surface area contributed by atoms with E-state index in [1.165, 1.54) is 13.1 Å². The molecule has 2 aromatic heterocycles. The molecule has 0 aromatic carbocycles. The van der Waals surface area contributed by atoms with Crippen molar-refractivity contribution in [3.8, 4) is 0 Å². The van der Waals surface area contributed by atoms with Crippen LogP contribution in [0.15, 0.2) is 6.20 Å². The molecule has 0 saturated carbocycles. The second-order valence-electron chi connectivity index (χ2n) is 3.62. The standard InChI is InChI=1S/C9H12N6O2/c1-3(16)6(17)4-2-12-8-5(13-4)7(10)14-9(11)15-8/h2-3,6,16-17H,1H3,(H4,10,11,12,14,15)/t3-,6+/m0/s1. The third kappa shape index (κ3) is 2.08. The summed E-state index contributed by atoms with van der Waals surface area (Å²) in [6, 6.07) is 0. The summed E-state index contributed by atoms with van der Waals surface area (Å²) in [5.41, 5.74) is 11.7. The van der Waals surface area contributed by atoms with E-state index in [9.17, 15) is 10.2 Å². The zero-order chi connectivity index (χ0) is 12.6. The number of hydrogen-bond acceptors (Lipinski definition) is 8. The van der Waals surface area contributed by atoms with Crippen molar-refractivity contribution in [2.75, 3.05) is 11.5 Å². The molecule has 0 bridgehead atoms. The molecule has 8 heteroatoms. The molecule has 2 aromatic rings. The lowest BCUT2D eigenvalue weighted by Crippen LogP contribution is -2.16. The molecule has 0 aliphatic heterocycles. The van der Waals surface area contributed by atoms with Gasteiger partial charge in [0.15, 0.2) is 17.0 Å². The Kier molecular flexibility index (Phi) is 2.74. The number of fused-ring (bicyclic) bond motifs is 1. The van der Waals surface area contributed by atoms with Crippen LogP contribution in [0.4, 0.5) is 11.8 Å². The van der Waals surface area contributed by atoms with Gasteiger partial charge in [0.25, 0.3) is 0 Å². The van der Waals surface area contributed by atoms with Crippen LogP contribution in [0.25, 0.3) is 11.2 Å². The highest BCUT2D eigenvalue weighted by atomic mass is 16.3. The van der Waals surface area contributed by atoms with Crippen LogP contribution < -0.4 is 11.5 Å². The Morgan fingerprint density at radius 2 is 1.88 bits per heavy atom. The molecular formula is C9H12N6O2. The molecule has 2 atom stereocenters. The van der Waals surface area contributed by atoms with E-state index in [0.717, 1.165) is 0 Å². The van der Waals surface area contributed by atoms with Gasteiger partial charge in [-0.1, -0.05) is 0 Å². The highest BCUT2D eigenvalue weighted by molar-refractivity contribution is 5.81. The predicted octanol–water partition coefficient (Wildman–Crippen LogP) is -1.00. The van der Waals surface area contributed by atoms with E-state index in [1.54, 1.807) is 0 Å². The van der Waals surface area contributed by atoms with Gasteiger partial charge in [-0.05, 0) is 6.92 Å². The van der Waals surface area contributed by atoms with E-state index < -0.39 is 12.2 Å². The molecule has 0 saturated heterocycles. The highest BCUT2D eigenvalue weighted by Gasteiger charge is 2.17. The zero-order valence-corrected chi connectivity index (χ0v) is 9.07. The summed E-state index contributed by atoms with van der Waals surface area (Å²) in [5, 5.41) is 18.9. The number of nitrogens with zero attached hydrogens (tertiary/aromatic N) is 4. The average molecular weight is 236 g/mol. The van der Waals surface area contributed by atoms with E-state index in [4.69, 9.17) is 11.5 Å². The molecule has 6 N–H and O–H groups in total. The van der Waals surface area contributed by atoms with Gasteiger partial charge in [-0.25, -0.2) is 9.97 Å². The summed E-state index contributed by atoms with van der Waals surface area (Å²) in [6.07, 6.45) is -0.785. The normalized spacial score (nSPS) is 14.8. The lowest BCUT2D eigenvalue weighted by Gasteiger charge is -2.12. The van der Waals surface area contributed by atoms with Crippen LogP contribution in [0, 0.1) is 0 Å². The molecule has 0 amide bonds. The monoisotopic (exact) mass is 236 g/mol. The first-order valence-electron chi connectivity index (χ1n) is 4.91. The van der Waals surface area contributed by atoms with Gasteiger partial charge in [-0.3, -0.25) is 0 Å². The van der Waals surface area contributed by atoms with E-state index in [2.05, 4.69) is 19.9 Å². The molecule has 8 nitrogen and oxygen atoms in total. The van der Waals surface area contributed by atoms with Crippen molar-refractivity contribution in [3.63, 3.8) is 0 Å². The molecule has 2 heterocycles. The summed E-state index contributed by atoms with van der Waals surface area (Å²) < 4.78 is 0. The molecule has 0 fully saturated rings. The number of aliphatic hydroxyl groups is 2. The molecular weight excluding hydrogens is 224 g/mol. The number of nitrogen functional groups attached to an aromatic ring is 2. The van der Waals surface area contributed by atoms with Gasteiger partial charge in [0.2, 0.25) is 5.95 Å². The van der Waals surface area contributed by atoms with Crippen LogP contribution in [0.2, 0.25) is 0 Å². The Labute approximate surface area is 96.4 Å². The van der Waals surface area contributed by atoms with Gasteiger partial charge in [0, 0.05) is 0 Å². The van der Waals surface area contributed by atoms with Crippen molar-refractivity contribution in [2.45, 2.75) is 19.1 Å². The topological polar surface area (TPSA) is 144 Å². The highest BCUT2D eigenvalue weighted by Crippen LogP contribution is 2.19. The largest absolute Gasteiger partial charge is 0.390 e. The third-order valence-corrected chi connectivity index (χ3v) is 2.23. The zero-order valence-electron chi connectivity index (χ0n) is 9.07. The molecule has 0 radical (unpaired) electrons. The minimum absolute atomic E-state index is 0.00752. The summed E-state index contributed by atoms with van der Waals surface area (Å²) in [6.45, 7) is 1.44. The Bertz CT molecular complexity index is 558. The van der Waals surface area contributed by atoms with Crippen LogP contribution in [0.1, 0.15) is 18.7 Å². The first kappa shape index (κ1) is 11.4. The number of aromatic nitrogens is 4.